The van der Waals surface area contributed by atoms with Gasteiger partial charge < -0.3 is 9.84 Å². The summed E-state index contributed by atoms with van der Waals surface area (Å²) in [5, 5.41) is 12.0. The van der Waals surface area contributed by atoms with E-state index in [2.05, 4.69) is 9.84 Å². The van der Waals surface area contributed by atoms with Gasteiger partial charge in [-0.3, -0.25) is 4.68 Å². The monoisotopic (exact) mass is 206 g/mol. The molecule has 0 aromatic carbocycles. The smallest absolute Gasteiger partial charge is 0.396 e. The summed E-state index contributed by atoms with van der Waals surface area (Å²) in [7, 11) is 1.32. The highest BCUT2D eigenvalue weighted by Crippen LogP contribution is 2.20. The van der Waals surface area contributed by atoms with Crippen LogP contribution in [0.1, 0.15) is 17.4 Å². The molecule has 78 valence electrons. The molecule has 1 rings (SSSR count). The predicted molar refractivity (Wildman–Crippen MR) is 41.4 cm³/mol. The fraction of sp³-hybridized carbons (Fsp3) is 0.429. The van der Waals surface area contributed by atoms with Gasteiger partial charge in [0.25, 0.3) is 0 Å². The van der Waals surface area contributed by atoms with Crippen molar-refractivity contribution in [1.29, 1.82) is 0 Å². The Hall–Kier alpha value is -1.66. The summed E-state index contributed by atoms with van der Waals surface area (Å²) in [5.41, 5.74) is -0.218. The van der Waals surface area contributed by atoms with Crippen LogP contribution in [0, 0.1) is 0 Å². The normalized spacial score (nSPS) is 11.4. The number of alkyl halides is 2. The number of carboxylic acid groups (broad SMARTS) is 1. The minimum absolute atomic E-state index is 0.218. The quantitative estimate of drug-likeness (QED) is 0.804. The topological polar surface area (TPSA) is 64.4 Å². The maximum atomic E-state index is 12.3. The lowest BCUT2D eigenvalue weighted by Gasteiger charge is -2.08. The van der Waals surface area contributed by atoms with Gasteiger partial charge >= 0.3 is 12.1 Å². The summed E-state index contributed by atoms with van der Waals surface area (Å²) in [5.74, 6) is -1.67. The number of halogens is 2. The Labute approximate surface area is 77.9 Å². The van der Waals surface area contributed by atoms with E-state index >= 15 is 0 Å². The third-order valence-electron chi connectivity index (χ3n) is 1.36. The second-order valence-corrected chi connectivity index (χ2v) is 2.71. The summed E-state index contributed by atoms with van der Waals surface area (Å²) in [4.78, 5) is 10.5. The molecule has 1 N–H and O–H groups in total. The standard InChI is InChI=1S/C7H8F2N2O3/c1-7(8,9)14-5-3-4(6(12)13)11(2)10-5/h3H,1-2H3,(H,12,13). The van der Waals surface area contributed by atoms with E-state index in [9.17, 15) is 13.6 Å². The van der Waals surface area contributed by atoms with E-state index in [1.807, 2.05) is 0 Å². The van der Waals surface area contributed by atoms with E-state index in [0.717, 1.165) is 10.7 Å². The molecule has 14 heavy (non-hydrogen) atoms. The van der Waals surface area contributed by atoms with Crippen molar-refractivity contribution < 1.29 is 23.4 Å². The van der Waals surface area contributed by atoms with Crippen LogP contribution in [0.25, 0.3) is 0 Å². The molecule has 1 aromatic rings. The molecular weight excluding hydrogens is 198 g/mol. The Morgan fingerprint density at radius 2 is 2.29 bits per heavy atom. The SMILES string of the molecule is Cn1nc(OC(C)(F)F)cc1C(=O)O. The van der Waals surface area contributed by atoms with Crippen molar-refractivity contribution in [3.8, 4) is 5.88 Å². The van der Waals surface area contributed by atoms with Gasteiger partial charge in [-0.15, -0.1) is 5.10 Å². The first-order valence-corrected chi connectivity index (χ1v) is 3.64. The molecule has 0 radical (unpaired) electrons. The van der Waals surface area contributed by atoms with Crippen LogP contribution in [0.15, 0.2) is 6.07 Å². The zero-order chi connectivity index (χ0) is 10.9. The van der Waals surface area contributed by atoms with Crippen molar-refractivity contribution in [2.45, 2.75) is 13.0 Å². The number of aryl methyl sites for hydroxylation is 1. The number of hydrogen-bond acceptors (Lipinski definition) is 3. The van der Waals surface area contributed by atoms with E-state index in [1.165, 1.54) is 7.05 Å². The summed E-state index contributed by atoms with van der Waals surface area (Å²) >= 11 is 0. The maximum Gasteiger partial charge on any atom is 0.396 e. The summed E-state index contributed by atoms with van der Waals surface area (Å²) in [6.45, 7) is 0.544. The van der Waals surface area contributed by atoms with Gasteiger partial charge in [-0.2, -0.15) is 8.78 Å². The number of nitrogens with zero attached hydrogens (tertiary/aromatic N) is 2. The van der Waals surface area contributed by atoms with Crippen LogP contribution >= 0.6 is 0 Å². The largest absolute Gasteiger partial charge is 0.477 e. The number of rotatable bonds is 3. The van der Waals surface area contributed by atoms with Gasteiger partial charge in [-0.25, -0.2) is 4.79 Å². The number of carbonyl (C=O) groups is 1. The predicted octanol–water partition coefficient (Wildman–Crippen LogP) is 1.11. The first kappa shape index (κ1) is 10.4. The van der Waals surface area contributed by atoms with Crippen LogP contribution in [0.2, 0.25) is 0 Å². The first-order valence-electron chi connectivity index (χ1n) is 3.64. The van der Waals surface area contributed by atoms with Crippen LogP contribution in [-0.4, -0.2) is 27.0 Å². The van der Waals surface area contributed by atoms with Crippen molar-refractivity contribution in [2.75, 3.05) is 0 Å². The molecule has 1 aromatic heterocycles. The molecule has 0 fully saturated rings. The number of ether oxygens (including phenoxy) is 1. The van der Waals surface area contributed by atoms with Crippen LogP contribution in [0.5, 0.6) is 5.88 Å². The van der Waals surface area contributed by atoms with Crippen LogP contribution in [0.4, 0.5) is 8.78 Å². The van der Waals surface area contributed by atoms with E-state index in [-0.39, 0.29) is 5.69 Å². The second-order valence-electron chi connectivity index (χ2n) is 2.71. The van der Waals surface area contributed by atoms with Gasteiger partial charge in [-0.05, 0) is 0 Å². The molecule has 0 bridgehead atoms. The highest BCUT2D eigenvalue weighted by atomic mass is 19.3. The Bertz CT molecular complexity index is 356. The minimum Gasteiger partial charge on any atom is -0.477 e. The van der Waals surface area contributed by atoms with E-state index in [4.69, 9.17) is 5.11 Å². The minimum atomic E-state index is -3.37. The second kappa shape index (κ2) is 3.24. The zero-order valence-electron chi connectivity index (χ0n) is 7.49. The maximum absolute atomic E-state index is 12.3. The van der Waals surface area contributed by atoms with Crippen LogP contribution in [-0.2, 0) is 7.05 Å². The molecule has 0 aliphatic carbocycles. The molecule has 0 aliphatic heterocycles. The molecule has 5 nitrogen and oxygen atoms in total. The number of aromatic nitrogens is 2. The van der Waals surface area contributed by atoms with Gasteiger partial charge in [0, 0.05) is 20.0 Å². The fourth-order valence-electron chi connectivity index (χ4n) is 0.875. The van der Waals surface area contributed by atoms with E-state index < -0.39 is 18.0 Å². The summed E-state index contributed by atoms with van der Waals surface area (Å²) < 4.78 is 29.7. The Morgan fingerprint density at radius 1 is 1.71 bits per heavy atom. The third-order valence-corrected chi connectivity index (χ3v) is 1.36. The van der Waals surface area contributed by atoms with E-state index in [1.54, 1.807) is 0 Å². The molecule has 0 spiro atoms. The molecule has 1 heterocycles. The molecule has 0 aliphatic rings. The average molecular weight is 206 g/mol. The van der Waals surface area contributed by atoms with E-state index in [0.29, 0.717) is 6.92 Å². The highest BCUT2D eigenvalue weighted by Gasteiger charge is 2.25. The van der Waals surface area contributed by atoms with Gasteiger partial charge in [0.05, 0.1) is 0 Å². The molecule has 0 saturated heterocycles. The molecule has 0 saturated carbocycles. The van der Waals surface area contributed by atoms with Gasteiger partial charge in [0.15, 0.2) is 0 Å². The lowest BCUT2D eigenvalue weighted by molar-refractivity contribution is -0.161. The van der Waals surface area contributed by atoms with Crippen LogP contribution in [0.3, 0.4) is 0 Å². The third kappa shape index (κ3) is 2.41. The highest BCUT2D eigenvalue weighted by molar-refractivity contribution is 5.85. The average Bonchev–Trinajstić information content (AvgIpc) is 2.26. The molecule has 7 heteroatoms. The molecular formula is C7H8F2N2O3. The van der Waals surface area contributed by atoms with Crippen molar-refractivity contribution in [3.05, 3.63) is 11.8 Å². The lowest BCUT2D eigenvalue weighted by atomic mass is 10.4. The first-order chi connectivity index (χ1) is 6.29. The van der Waals surface area contributed by atoms with Gasteiger partial charge in [-0.1, -0.05) is 0 Å². The number of hydrogen-bond donors (Lipinski definition) is 1. The summed E-state index contributed by atoms with van der Waals surface area (Å²) in [6.07, 6.45) is -3.37. The van der Waals surface area contributed by atoms with Crippen molar-refractivity contribution >= 4 is 5.97 Å². The number of carboxylic acids is 1. The Morgan fingerprint density at radius 3 is 2.64 bits per heavy atom. The molecule has 0 unspecified atom stereocenters. The number of aromatic carboxylic acids is 1. The van der Waals surface area contributed by atoms with Crippen molar-refractivity contribution in [2.24, 2.45) is 7.05 Å². The zero-order valence-corrected chi connectivity index (χ0v) is 7.49. The fourth-order valence-corrected chi connectivity index (χ4v) is 0.875. The summed E-state index contributed by atoms with van der Waals surface area (Å²) in [6, 6.07) is 0.930. The van der Waals surface area contributed by atoms with Crippen molar-refractivity contribution in [1.82, 2.24) is 9.78 Å². The van der Waals surface area contributed by atoms with Crippen molar-refractivity contribution in [3.63, 3.8) is 0 Å². The van der Waals surface area contributed by atoms with Gasteiger partial charge in [0.1, 0.15) is 5.69 Å². The van der Waals surface area contributed by atoms with Crippen LogP contribution < -0.4 is 4.74 Å². The molecule has 0 amide bonds. The Kier molecular flexibility index (Phi) is 2.41. The lowest BCUT2D eigenvalue weighted by Crippen LogP contribution is -2.19. The molecule has 0 atom stereocenters. The van der Waals surface area contributed by atoms with Gasteiger partial charge in [0.2, 0.25) is 5.88 Å². The Balaban J connectivity index is 2.92.